The monoisotopic (exact) mass is 237 g/mol. The maximum Gasteiger partial charge on any atom is 0.345 e. The first-order valence-corrected chi connectivity index (χ1v) is 4.67. The van der Waals surface area contributed by atoms with Crippen LogP contribution >= 0.6 is 0 Å². The molecule has 1 aromatic rings. The number of ether oxygens (including phenoxy) is 2. The first kappa shape index (κ1) is 12.7. The van der Waals surface area contributed by atoms with Crippen LogP contribution < -0.4 is 0 Å². The van der Waals surface area contributed by atoms with Crippen LogP contribution in [0.4, 0.5) is 5.69 Å². The van der Waals surface area contributed by atoms with E-state index in [0.717, 1.165) is 0 Å². The number of methoxy groups -OCH3 is 2. The average molecular weight is 237 g/mol. The highest BCUT2D eigenvalue weighted by Crippen LogP contribution is 2.24. The van der Waals surface area contributed by atoms with Gasteiger partial charge in [0.25, 0.3) is 5.69 Å². The number of nitrogens with zero attached hydrogens (tertiary/aromatic N) is 1. The molecule has 0 unspecified atom stereocenters. The van der Waals surface area contributed by atoms with Gasteiger partial charge in [-0.2, -0.15) is 0 Å². The Bertz CT molecular complexity index is 467. The third-order valence-corrected chi connectivity index (χ3v) is 2.04. The Balaban J connectivity index is 3.39. The summed E-state index contributed by atoms with van der Waals surface area (Å²) in [4.78, 5) is 21.7. The first-order chi connectivity index (χ1) is 8.11. The molecule has 0 atom stereocenters. The molecule has 0 aliphatic rings. The Labute approximate surface area is 97.6 Å². The lowest BCUT2D eigenvalue weighted by atomic mass is 10.1. The molecule has 1 aromatic carbocycles. The van der Waals surface area contributed by atoms with Crippen LogP contribution in [0.5, 0.6) is 0 Å². The van der Waals surface area contributed by atoms with Crippen molar-refractivity contribution < 1.29 is 19.2 Å². The zero-order valence-electron chi connectivity index (χ0n) is 9.38. The highest BCUT2D eigenvalue weighted by molar-refractivity contribution is 5.97. The molecule has 6 nitrogen and oxygen atoms in total. The Morgan fingerprint density at radius 2 is 2.12 bits per heavy atom. The predicted octanol–water partition coefficient (Wildman–Crippen LogP) is 2.00. The van der Waals surface area contributed by atoms with Gasteiger partial charge in [0.15, 0.2) is 0 Å². The number of carbonyl (C=O) groups excluding carboxylic acids is 1. The van der Waals surface area contributed by atoms with Gasteiger partial charge in [0.1, 0.15) is 5.56 Å². The molecule has 90 valence electrons. The van der Waals surface area contributed by atoms with Gasteiger partial charge < -0.3 is 9.47 Å². The quantitative estimate of drug-likeness (QED) is 0.346. The molecule has 0 aliphatic carbocycles. The van der Waals surface area contributed by atoms with Crippen molar-refractivity contribution in [2.24, 2.45) is 0 Å². The minimum atomic E-state index is -0.756. The molecular formula is C11H11NO5. The van der Waals surface area contributed by atoms with Crippen LogP contribution in [0, 0.1) is 10.1 Å². The largest absolute Gasteiger partial charge is 0.504 e. The molecule has 6 heteroatoms. The fourth-order valence-corrected chi connectivity index (χ4v) is 1.31. The highest BCUT2D eigenvalue weighted by atomic mass is 16.6. The van der Waals surface area contributed by atoms with E-state index in [1.165, 1.54) is 38.7 Å². The second-order valence-electron chi connectivity index (χ2n) is 3.03. The molecule has 0 saturated carbocycles. The van der Waals surface area contributed by atoms with Gasteiger partial charge in [-0.05, 0) is 11.6 Å². The standard InChI is InChI=1S/C11H11NO5/c1-16-7-6-8-4-3-5-9(12(14)15)10(8)11(13)17-2/h3-7H,1-2H3/b7-6-. The summed E-state index contributed by atoms with van der Waals surface area (Å²) >= 11 is 0. The molecular weight excluding hydrogens is 226 g/mol. The lowest BCUT2D eigenvalue weighted by Crippen LogP contribution is -2.07. The van der Waals surface area contributed by atoms with Crippen molar-refractivity contribution in [2.45, 2.75) is 0 Å². The number of nitro groups is 1. The summed E-state index contributed by atoms with van der Waals surface area (Å²) in [6.45, 7) is 0. The molecule has 0 N–H and O–H groups in total. The predicted molar refractivity (Wildman–Crippen MR) is 60.5 cm³/mol. The molecule has 0 aromatic heterocycles. The van der Waals surface area contributed by atoms with Crippen molar-refractivity contribution >= 4 is 17.7 Å². The van der Waals surface area contributed by atoms with Gasteiger partial charge in [-0.3, -0.25) is 10.1 Å². The number of benzene rings is 1. The minimum absolute atomic E-state index is 0.0895. The van der Waals surface area contributed by atoms with E-state index in [9.17, 15) is 14.9 Å². The molecule has 0 heterocycles. The Kier molecular flexibility index (Phi) is 4.21. The van der Waals surface area contributed by atoms with E-state index in [0.29, 0.717) is 5.56 Å². The number of nitro benzene ring substituents is 1. The van der Waals surface area contributed by atoms with E-state index < -0.39 is 10.9 Å². The van der Waals surface area contributed by atoms with Crippen molar-refractivity contribution in [1.29, 1.82) is 0 Å². The zero-order chi connectivity index (χ0) is 12.8. The van der Waals surface area contributed by atoms with Gasteiger partial charge in [0.2, 0.25) is 0 Å². The van der Waals surface area contributed by atoms with Crippen LogP contribution in [0.25, 0.3) is 6.08 Å². The summed E-state index contributed by atoms with van der Waals surface area (Å²) in [5.74, 6) is -0.756. The van der Waals surface area contributed by atoms with Gasteiger partial charge in [-0.25, -0.2) is 4.79 Å². The molecule has 0 radical (unpaired) electrons. The van der Waals surface area contributed by atoms with Crippen molar-refractivity contribution in [3.8, 4) is 0 Å². The molecule has 1 rings (SSSR count). The highest BCUT2D eigenvalue weighted by Gasteiger charge is 2.23. The smallest absolute Gasteiger partial charge is 0.345 e. The summed E-state index contributed by atoms with van der Waals surface area (Å²) in [5.41, 5.74) is -0.0173. The molecule has 0 fully saturated rings. The summed E-state index contributed by atoms with van der Waals surface area (Å²) in [7, 11) is 2.61. The number of carbonyl (C=O) groups is 1. The molecule has 0 spiro atoms. The third-order valence-electron chi connectivity index (χ3n) is 2.04. The Morgan fingerprint density at radius 1 is 1.41 bits per heavy atom. The summed E-state index contributed by atoms with van der Waals surface area (Å²) in [6, 6.07) is 4.30. The second-order valence-corrected chi connectivity index (χ2v) is 3.03. The third kappa shape index (κ3) is 2.81. The molecule has 17 heavy (non-hydrogen) atoms. The van der Waals surface area contributed by atoms with Crippen LogP contribution in [0.2, 0.25) is 0 Å². The average Bonchev–Trinajstić information content (AvgIpc) is 2.34. The first-order valence-electron chi connectivity index (χ1n) is 4.67. The zero-order valence-corrected chi connectivity index (χ0v) is 9.38. The molecule has 0 saturated heterocycles. The van der Waals surface area contributed by atoms with Crippen molar-refractivity contribution in [1.82, 2.24) is 0 Å². The van der Waals surface area contributed by atoms with Gasteiger partial charge in [0.05, 0.1) is 25.4 Å². The van der Waals surface area contributed by atoms with Crippen molar-refractivity contribution in [2.75, 3.05) is 14.2 Å². The second kappa shape index (κ2) is 5.64. The minimum Gasteiger partial charge on any atom is -0.504 e. The topological polar surface area (TPSA) is 78.7 Å². The van der Waals surface area contributed by atoms with Crippen LogP contribution in [0.15, 0.2) is 24.5 Å². The van der Waals surface area contributed by atoms with Gasteiger partial charge in [-0.15, -0.1) is 0 Å². The van der Waals surface area contributed by atoms with E-state index in [-0.39, 0.29) is 11.3 Å². The lowest BCUT2D eigenvalue weighted by molar-refractivity contribution is -0.385. The van der Waals surface area contributed by atoms with Crippen LogP contribution in [-0.4, -0.2) is 25.1 Å². The van der Waals surface area contributed by atoms with E-state index in [4.69, 9.17) is 4.74 Å². The van der Waals surface area contributed by atoms with Crippen molar-refractivity contribution in [3.05, 3.63) is 45.7 Å². The van der Waals surface area contributed by atoms with E-state index in [1.807, 2.05) is 0 Å². The SMILES string of the molecule is CO/C=C\c1cccc([N+](=O)[O-])c1C(=O)OC. The molecule has 0 bridgehead atoms. The van der Waals surface area contributed by atoms with E-state index >= 15 is 0 Å². The lowest BCUT2D eigenvalue weighted by Gasteiger charge is -2.04. The molecule has 0 aliphatic heterocycles. The van der Waals surface area contributed by atoms with Crippen LogP contribution in [0.3, 0.4) is 0 Å². The van der Waals surface area contributed by atoms with Gasteiger partial charge >= 0.3 is 5.97 Å². The fourth-order valence-electron chi connectivity index (χ4n) is 1.31. The van der Waals surface area contributed by atoms with Gasteiger partial charge in [-0.1, -0.05) is 12.1 Å². The van der Waals surface area contributed by atoms with Gasteiger partial charge in [0, 0.05) is 6.07 Å². The number of esters is 1. The van der Waals surface area contributed by atoms with E-state index in [1.54, 1.807) is 6.07 Å². The summed E-state index contributed by atoms with van der Waals surface area (Å²) < 4.78 is 9.24. The van der Waals surface area contributed by atoms with Crippen molar-refractivity contribution in [3.63, 3.8) is 0 Å². The Hall–Kier alpha value is -2.37. The Morgan fingerprint density at radius 3 is 2.65 bits per heavy atom. The summed E-state index contributed by atoms with van der Waals surface area (Å²) in [5, 5.41) is 10.8. The number of rotatable bonds is 4. The molecule has 0 amide bonds. The number of hydrogen-bond acceptors (Lipinski definition) is 5. The summed E-state index contributed by atoms with van der Waals surface area (Å²) in [6.07, 6.45) is 2.78. The number of hydrogen-bond donors (Lipinski definition) is 0. The fraction of sp³-hybridized carbons (Fsp3) is 0.182. The van der Waals surface area contributed by atoms with E-state index in [2.05, 4.69) is 4.74 Å². The van der Waals surface area contributed by atoms with Crippen LogP contribution in [0.1, 0.15) is 15.9 Å². The maximum absolute atomic E-state index is 11.5. The normalized spacial score (nSPS) is 10.2. The maximum atomic E-state index is 11.5. The van der Waals surface area contributed by atoms with Crippen LogP contribution in [-0.2, 0) is 9.47 Å².